The van der Waals surface area contributed by atoms with Crippen LogP contribution in [0.2, 0.25) is 0 Å². The van der Waals surface area contributed by atoms with E-state index in [0.29, 0.717) is 5.56 Å². The van der Waals surface area contributed by atoms with Crippen LogP contribution < -0.4 is 5.32 Å². The zero-order chi connectivity index (χ0) is 21.8. The highest BCUT2D eigenvalue weighted by Crippen LogP contribution is 2.28. The highest BCUT2D eigenvalue weighted by atomic mass is 19.4. The molecule has 0 saturated heterocycles. The second-order valence-electron chi connectivity index (χ2n) is 6.29. The third-order valence-electron chi connectivity index (χ3n) is 4.12. The zero-order valence-corrected chi connectivity index (χ0v) is 15.6. The first-order valence-corrected chi connectivity index (χ1v) is 8.84. The van der Waals surface area contributed by atoms with Gasteiger partial charge in [-0.2, -0.15) is 18.2 Å². The third-order valence-corrected chi connectivity index (χ3v) is 4.12. The predicted octanol–water partition coefficient (Wildman–Crippen LogP) is 3.52. The molecule has 0 saturated carbocycles. The maximum absolute atomic E-state index is 12.5. The number of hydrogen-bond donors (Lipinski definition) is 1. The Morgan fingerprint density at radius 1 is 1.06 bits per heavy atom. The van der Waals surface area contributed by atoms with Crippen LogP contribution in [0.1, 0.15) is 17.0 Å². The van der Waals surface area contributed by atoms with Gasteiger partial charge >= 0.3 is 18.2 Å². The van der Waals surface area contributed by atoms with Crippen molar-refractivity contribution in [1.82, 2.24) is 30.4 Å². The second-order valence-corrected chi connectivity index (χ2v) is 6.29. The molecular weight excluding hydrogens is 417 g/mol. The van der Waals surface area contributed by atoms with E-state index in [0.717, 1.165) is 16.3 Å². The monoisotopic (exact) mass is 430 g/mol. The second kappa shape index (κ2) is 8.34. The molecule has 0 radical (unpaired) electrons. The number of benzene rings is 1. The summed E-state index contributed by atoms with van der Waals surface area (Å²) in [5.74, 6) is -2.02. The van der Waals surface area contributed by atoms with Gasteiger partial charge < -0.3 is 14.6 Å². The Bertz CT molecular complexity index is 1210. The fraction of sp³-hybridized carbons (Fsp3) is 0.158. The van der Waals surface area contributed by atoms with Crippen molar-refractivity contribution in [3.8, 4) is 11.6 Å². The summed E-state index contributed by atoms with van der Waals surface area (Å²) in [6.45, 7) is 0.0853. The van der Waals surface area contributed by atoms with Crippen molar-refractivity contribution in [1.29, 1.82) is 0 Å². The average molecular weight is 430 g/mol. The topological polar surface area (TPSA) is 116 Å². The SMILES string of the molecule is O=C(NCc1cnc(-c2noc(C(F)(F)F)n2)nc1)OCc1cncc2ccccc12. The Morgan fingerprint density at radius 2 is 1.84 bits per heavy atom. The molecule has 12 heteroatoms. The molecule has 3 heterocycles. The molecule has 0 unspecified atom stereocenters. The van der Waals surface area contributed by atoms with Gasteiger partial charge in [0.05, 0.1) is 0 Å². The number of amides is 1. The Hall–Kier alpha value is -4.09. The summed E-state index contributed by atoms with van der Waals surface area (Å²) >= 11 is 0. The Labute approximate surface area is 172 Å². The van der Waals surface area contributed by atoms with Crippen molar-refractivity contribution in [3.05, 3.63) is 66.1 Å². The van der Waals surface area contributed by atoms with Crippen LogP contribution >= 0.6 is 0 Å². The molecule has 0 aliphatic rings. The van der Waals surface area contributed by atoms with E-state index < -0.39 is 24.0 Å². The summed E-state index contributed by atoms with van der Waals surface area (Å²) in [7, 11) is 0. The number of nitrogens with zero attached hydrogens (tertiary/aromatic N) is 5. The van der Waals surface area contributed by atoms with Crippen LogP contribution in [-0.2, 0) is 24.1 Å². The Kier molecular flexibility index (Phi) is 5.43. The minimum atomic E-state index is -4.75. The van der Waals surface area contributed by atoms with Gasteiger partial charge in [0.2, 0.25) is 11.6 Å². The van der Waals surface area contributed by atoms with Crippen LogP contribution in [0, 0.1) is 0 Å². The van der Waals surface area contributed by atoms with Gasteiger partial charge in [-0.25, -0.2) is 14.8 Å². The van der Waals surface area contributed by atoms with E-state index >= 15 is 0 Å². The Morgan fingerprint density at radius 3 is 2.58 bits per heavy atom. The average Bonchev–Trinajstić information content (AvgIpc) is 3.27. The van der Waals surface area contributed by atoms with E-state index in [1.807, 2.05) is 24.3 Å². The number of nitrogens with one attached hydrogen (secondary N) is 1. The van der Waals surface area contributed by atoms with Gasteiger partial charge in [-0.05, 0) is 5.39 Å². The van der Waals surface area contributed by atoms with Gasteiger partial charge in [0.15, 0.2) is 0 Å². The molecule has 0 bridgehead atoms. The van der Waals surface area contributed by atoms with Gasteiger partial charge in [0, 0.05) is 47.8 Å². The zero-order valence-electron chi connectivity index (χ0n) is 15.6. The van der Waals surface area contributed by atoms with Crippen LogP contribution in [-0.4, -0.2) is 31.2 Å². The third kappa shape index (κ3) is 4.74. The smallest absolute Gasteiger partial charge is 0.445 e. The summed E-state index contributed by atoms with van der Waals surface area (Å²) in [5.41, 5.74) is 1.26. The van der Waals surface area contributed by atoms with E-state index in [2.05, 4.69) is 34.9 Å². The number of rotatable bonds is 5. The lowest BCUT2D eigenvalue weighted by Gasteiger charge is -2.09. The summed E-state index contributed by atoms with van der Waals surface area (Å²) in [5, 5.41) is 7.62. The van der Waals surface area contributed by atoms with E-state index in [4.69, 9.17) is 4.74 Å². The number of aromatic nitrogens is 5. The van der Waals surface area contributed by atoms with Crippen molar-refractivity contribution in [2.24, 2.45) is 0 Å². The highest BCUT2D eigenvalue weighted by molar-refractivity contribution is 5.84. The molecule has 0 fully saturated rings. The van der Waals surface area contributed by atoms with Crippen LogP contribution in [0.15, 0.2) is 53.6 Å². The molecule has 0 aliphatic heterocycles. The number of hydrogen-bond acceptors (Lipinski definition) is 8. The van der Waals surface area contributed by atoms with Crippen molar-refractivity contribution in [2.75, 3.05) is 0 Å². The lowest BCUT2D eigenvalue weighted by molar-refractivity contribution is -0.159. The van der Waals surface area contributed by atoms with Crippen molar-refractivity contribution in [2.45, 2.75) is 19.3 Å². The normalized spacial score (nSPS) is 11.5. The highest BCUT2D eigenvalue weighted by Gasteiger charge is 2.38. The molecule has 0 spiro atoms. The standard InChI is InChI=1S/C19H13F3N6O3/c20-19(21,22)17-27-16(28-31-17)15-24-5-11(6-25-15)7-26-18(29)30-10-13-9-23-8-12-3-1-2-4-14(12)13/h1-6,8-9H,7,10H2,(H,26,29). The van der Waals surface area contributed by atoms with Crippen molar-refractivity contribution in [3.63, 3.8) is 0 Å². The minimum Gasteiger partial charge on any atom is -0.445 e. The quantitative estimate of drug-likeness (QED) is 0.511. The molecule has 4 aromatic rings. The van der Waals surface area contributed by atoms with Crippen LogP contribution in [0.5, 0.6) is 0 Å². The number of carbonyl (C=O) groups is 1. The van der Waals surface area contributed by atoms with Gasteiger partial charge in [-0.3, -0.25) is 4.98 Å². The van der Waals surface area contributed by atoms with Crippen molar-refractivity contribution < 1.29 is 27.2 Å². The molecule has 31 heavy (non-hydrogen) atoms. The molecule has 9 nitrogen and oxygen atoms in total. The molecule has 0 aliphatic carbocycles. The molecular formula is C19H13F3N6O3. The molecule has 0 atom stereocenters. The van der Waals surface area contributed by atoms with E-state index in [-0.39, 0.29) is 19.0 Å². The Balaban J connectivity index is 1.32. The van der Waals surface area contributed by atoms with E-state index in [1.54, 1.807) is 12.4 Å². The molecule has 1 amide bonds. The number of pyridine rings is 1. The number of halogens is 3. The maximum atomic E-state index is 12.5. The predicted molar refractivity (Wildman–Crippen MR) is 99.1 cm³/mol. The lowest BCUT2D eigenvalue weighted by Crippen LogP contribution is -2.23. The largest absolute Gasteiger partial charge is 0.471 e. The number of ether oxygens (including phenoxy) is 1. The summed E-state index contributed by atoms with van der Waals surface area (Å²) in [6, 6.07) is 7.60. The summed E-state index contributed by atoms with van der Waals surface area (Å²) in [4.78, 5) is 27.1. The van der Waals surface area contributed by atoms with Gasteiger partial charge in [0.1, 0.15) is 6.61 Å². The molecule has 1 aromatic carbocycles. The van der Waals surface area contributed by atoms with E-state index in [1.165, 1.54) is 12.4 Å². The van der Waals surface area contributed by atoms with Crippen LogP contribution in [0.25, 0.3) is 22.4 Å². The molecule has 158 valence electrons. The fourth-order valence-corrected chi connectivity index (χ4v) is 2.65. The molecule has 3 aromatic heterocycles. The lowest BCUT2D eigenvalue weighted by atomic mass is 10.1. The van der Waals surface area contributed by atoms with Gasteiger partial charge in [-0.15, -0.1) is 0 Å². The van der Waals surface area contributed by atoms with Crippen molar-refractivity contribution >= 4 is 16.9 Å². The minimum absolute atomic E-state index is 0.0367. The first-order chi connectivity index (χ1) is 14.9. The first kappa shape index (κ1) is 20.2. The molecule has 4 rings (SSSR count). The number of alkyl halides is 3. The van der Waals surface area contributed by atoms with Gasteiger partial charge in [-0.1, -0.05) is 29.4 Å². The molecule has 1 N–H and O–H groups in total. The van der Waals surface area contributed by atoms with Crippen LogP contribution in [0.3, 0.4) is 0 Å². The number of carbonyl (C=O) groups excluding carboxylic acids is 1. The first-order valence-electron chi connectivity index (χ1n) is 8.84. The van der Waals surface area contributed by atoms with Crippen LogP contribution in [0.4, 0.5) is 18.0 Å². The number of fused-ring (bicyclic) bond motifs is 1. The number of alkyl carbamates (subject to hydrolysis) is 1. The maximum Gasteiger partial charge on any atom is 0.471 e. The summed E-state index contributed by atoms with van der Waals surface area (Å²) in [6.07, 6.45) is 0.579. The van der Waals surface area contributed by atoms with E-state index in [9.17, 15) is 18.0 Å². The summed E-state index contributed by atoms with van der Waals surface area (Å²) < 4.78 is 46.9. The van der Waals surface area contributed by atoms with Gasteiger partial charge in [0.25, 0.3) is 0 Å². The fourth-order valence-electron chi connectivity index (χ4n) is 2.65.